The summed E-state index contributed by atoms with van der Waals surface area (Å²) in [6, 6.07) is 14.2. The van der Waals surface area contributed by atoms with Gasteiger partial charge in [0, 0.05) is 16.7 Å². The lowest BCUT2D eigenvalue weighted by atomic mass is 9.92. The second kappa shape index (κ2) is 26.1. The summed E-state index contributed by atoms with van der Waals surface area (Å²) in [4.78, 5) is 0. The van der Waals surface area contributed by atoms with E-state index in [0.29, 0.717) is 0 Å². The SMILES string of the molecule is CCCCCCCCCCCCCCCCC=CC1=C(c2cc(CCCC)cc(CCCC)c2)[N+](=[N-])C(c2cc(CC)cc(CC)c2)=C1CCCC. The van der Waals surface area contributed by atoms with E-state index < -0.39 is 0 Å². The number of rotatable bonds is 29. The first-order valence-electron chi connectivity index (χ1n) is 22.4. The Morgan fingerprint density at radius 1 is 0.442 bits per heavy atom. The highest BCUT2D eigenvalue weighted by Crippen LogP contribution is 2.44. The van der Waals surface area contributed by atoms with Crippen LogP contribution in [0.15, 0.2) is 59.7 Å². The molecule has 1 aliphatic heterocycles. The van der Waals surface area contributed by atoms with E-state index in [4.69, 9.17) is 0 Å². The summed E-state index contributed by atoms with van der Waals surface area (Å²) in [5, 5.41) is 0. The number of hydrogen-bond donors (Lipinski definition) is 0. The van der Waals surface area contributed by atoms with Gasteiger partial charge in [-0.05, 0) is 111 Å². The van der Waals surface area contributed by atoms with Crippen LogP contribution < -0.4 is 0 Å². The van der Waals surface area contributed by atoms with Crippen molar-refractivity contribution in [3.8, 4) is 0 Å². The van der Waals surface area contributed by atoms with Crippen LogP contribution in [0.2, 0.25) is 0 Å². The molecule has 0 spiro atoms. The molecule has 52 heavy (non-hydrogen) atoms. The average Bonchev–Trinajstić information content (AvgIpc) is 3.44. The summed E-state index contributed by atoms with van der Waals surface area (Å²) in [5.74, 6) is 0. The van der Waals surface area contributed by atoms with Crippen LogP contribution in [-0.2, 0) is 25.7 Å². The van der Waals surface area contributed by atoms with Crippen LogP contribution in [0.3, 0.4) is 0 Å². The molecule has 0 fully saturated rings. The summed E-state index contributed by atoms with van der Waals surface area (Å²) < 4.78 is 1.59. The second-order valence-corrected chi connectivity index (χ2v) is 15.8. The molecule has 2 aromatic carbocycles. The third kappa shape index (κ3) is 14.6. The van der Waals surface area contributed by atoms with E-state index in [1.54, 1.807) is 4.70 Å². The normalized spacial score (nSPS) is 13.5. The Bertz CT molecular complexity index is 1370. The molecule has 0 N–H and O–H groups in total. The molecule has 0 atom stereocenters. The lowest BCUT2D eigenvalue weighted by Gasteiger charge is -2.14. The van der Waals surface area contributed by atoms with E-state index >= 15 is 0 Å². The Morgan fingerprint density at radius 3 is 1.33 bits per heavy atom. The molecule has 2 nitrogen and oxygen atoms in total. The molecule has 0 aromatic heterocycles. The van der Waals surface area contributed by atoms with Gasteiger partial charge in [-0.25, -0.2) is 4.70 Å². The maximum atomic E-state index is 12.4. The van der Waals surface area contributed by atoms with Crippen LogP contribution in [0.25, 0.3) is 16.9 Å². The molecule has 0 saturated carbocycles. The first-order chi connectivity index (χ1) is 25.5. The summed E-state index contributed by atoms with van der Waals surface area (Å²) in [6.07, 6.45) is 37.5. The molecule has 3 rings (SSSR count). The summed E-state index contributed by atoms with van der Waals surface area (Å²) in [6.45, 7) is 13.6. The van der Waals surface area contributed by atoms with Gasteiger partial charge < -0.3 is 5.53 Å². The highest BCUT2D eigenvalue weighted by molar-refractivity contribution is 5.84. The van der Waals surface area contributed by atoms with Gasteiger partial charge in [-0.1, -0.05) is 169 Å². The standard InChI is InChI=1S/C50H78N2/c1-7-13-17-18-19-20-21-22-23-24-25-26-27-28-29-30-34-48-47(33-16-10-4)49(45-37-41(11-5)35-42(12-6)38-45)52(51)50(48)46-39-43(31-14-8-2)36-44(40-46)32-15-9-3/h30,34-40H,7-29,31-33H2,1-6H3. The van der Waals surface area contributed by atoms with Crippen molar-refractivity contribution < 1.29 is 4.70 Å². The molecule has 0 radical (unpaired) electrons. The molecule has 0 bridgehead atoms. The lowest BCUT2D eigenvalue weighted by molar-refractivity contribution is -0.345. The number of unbranched alkanes of at least 4 members (excludes halogenated alkanes) is 17. The minimum atomic E-state index is 0.973. The third-order valence-corrected chi connectivity index (χ3v) is 11.2. The molecule has 0 amide bonds. The van der Waals surface area contributed by atoms with Crippen molar-refractivity contribution >= 4 is 11.4 Å². The van der Waals surface area contributed by atoms with E-state index in [2.05, 4.69) is 90.1 Å². The molecule has 0 saturated heterocycles. The molecule has 2 heteroatoms. The third-order valence-electron chi connectivity index (χ3n) is 11.2. The van der Waals surface area contributed by atoms with Crippen LogP contribution in [0.1, 0.15) is 216 Å². The second-order valence-electron chi connectivity index (χ2n) is 15.8. The quantitative estimate of drug-likeness (QED) is 0.0594. The fraction of sp³-hybridized carbons (Fsp3) is 0.640. The van der Waals surface area contributed by atoms with Crippen molar-refractivity contribution in [2.24, 2.45) is 0 Å². The van der Waals surface area contributed by atoms with E-state index in [-0.39, 0.29) is 0 Å². The van der Waals surface area contributed by atoms with Gasteiger partial charge in [0.1, 0.15) is 0 Å². The molecule has 288 valence electrons. The minimum Gasteiger partial charge on any atom is -0.493 e. The number of nitrogens with zero attached hydrogens (tertiary/aromatic N) is 2. The minimum absolute atomic E-state index is 0.973. The van der Waals surface area contributed by atoms with Crippen LogP contribution in [0.5, 0.6) is 0 Å². The molecule has 1 heterocycles. The summed E-state index contributed by atoms with van der Waals surface area (Å²) in [7, 11) is 0. The fourth-order valence-corrected chi connectivity index (χ4v) is 7.90. The number of allylic oxidation sites excluding steroid dienone is 4. The number of benzene rings is 2. The highest BCUT2D eigenvalue weighted by Gasteiger charge is 2.35. The molecular formula is C50H78N2. The van der Waals surface area contributed by atoms with Crippen molar-refractivity contribution in [2.45, 2.75) is 208 Å². The Labute approximate surface area is 322 Å². The summed E-state index contributed by atoms with van der Waals surface area (Å²) in [5.41, 5.74) is 24.7. The molecule has 1 aliphatic rings. The zero-order valence-corrected chi connectivity index (χ0v) is 34.9. The Kier molecular flexibility index (Phi) is 21.9. The van der Waals surface area contributed by atoms with Crippen molar-refractivity contribution in [1.82, 2.24) is 0 Å². The van der Waals surface area contributed by atoms with Crippen molar-refractivity contribution in [2.75, 3.05) is 0 Å². The zero-order chi connectivity index (χ0) is 37.4. The molecule has 0 aliphatic carbocycles. The van der Waals surface area contributed by atoms with E-state index in [0.717, 1.165) is 68.3 Å². The van der Waals surface area contributed by atoms with Crippen molar-refractivity contribution in [1.29, 1.82) is 0 Å². The van der Waals surface area contributed by atoms with Gasteiger partial charge in [-0.2, -0.15) is 0 Å². The van der Waals surface area contributed by atoms with Gasteiger partial charge in [-0.3, -0.25) is 0 Å². The van der Waals surface area contributed by atoms with Crippen molar-refractivity contribution in [3.05, 3.63) is 98.6 Å². The molecular weight excluding hydrogens is 629 g/mol. The van der Waals surface area contributed by atoms with Crippen LogP contribution in [0, 0.1) is 0 Å². The predicted molar refractivity (Wildman–Crippen MR) is 230 cm³/mol. The average molecular weight is 707 g/mol. The first-order valence-corrected chi connectivity index (χ1v) is 22.4. The smallest absolute Gasteiger partial charge is 0.215 e. The van der Waals surface area contributed by atoms with Crippen LogP contribution in [-0.4, -0.2) is 4.70 Å². The lowest BCUT2D eigenvalue weighted by Crippen LogP contribution is -2.05. The zero-order valence-electron chi connectivity index (χ0n) is 34.9. The van der Waals surface area contributed by atoms with Gasteiger partial charge in [0.2, 0.25) is 11.4 Å². The van der Waals surface area contributed by atoms with Gasteiger partial charge >= 0.3 is 0 Å². The van der Waals surface area contributed by atoms with Gasteiger partial charge in [-0.15, -0.1) is 0 Å². The van der Waals surface area contributed by atoms with Gasteiger partial charge in [0.05, 0.1) is 5.57 Å². The molecule has 0 unspecified atom stereocenters. The predicted octanol–water partition coefficient (Wildman–Crippen LogP) is 16.3. The molecule has 2 aromatic rings. The first kappa shape index (κ1) is 43.7. The topological polar surface area (TPSA) is 25.3 Å². The van der Waals surface area contributed by atoms with Gasteiger partial charge in [0.15, 0.2) is 0 Å². The largest absolute Gasteiger partial charge is 0.493 e. The highest BCUT2D eigenvalue weighted by atomic mass is 15.2. The number of aryl methyl sites for hydroxylation is 4. The van der Waals surface area contributed by atoms with Crippen molar-refractivity contribution in [3.63, 3.8) is 0 Å². The van der Waals surface area contributed by atoms with Crippen LogP contribution in [0.4, 0.5) is 0 Å². The fourth-order valence-electron chi connectivity index (χ4n) is 7.90. The number of hydrogen-bond acceptors (Lipinski definition) is 0. The van der Waals surface area contributed by atoms with E-state index in [1.165, 1.54) is 155 Å². The Hall–Kier alpha value is -2.74. The maximum Gasteiger partial charge on any atom is 0.215 e. The van der Waals surface area contributed by atoms with Crippen LogP contribution >= 0.6 is 0 Å². The van der Waals surface area contributed by atoms with E-state index in [1.807, 2.05) is 0 Å². The Balaban J connectivity index is 1.82. The summed E-state index contributed by atoms with van der Waals surface area (Å²) >= 11 is 0. The van der Waals surface area contributed by atoms with Gasteiger partial charge in [0.25, 0.3) is 0 Å². The maximum absolute atomic E-state index is 12.4. The monoisotopic (exact) mass is 707 g/mol. The Morgan fingerprint density at radius 2 is 0.846 bits per heavy atom. The van der Waals surface area contributed by atoms with E-state index in [9.17, 15) is 5.53 Å².